The zero-order valence-electron chi connectivity index (χ0n) is 14.7. The number of ether oxygens (including phenoxy) is 1. The van der Waals surface area contributed by atoms with E-state index in [9.17, 15) is 33.0 Å². The molecule has 152 valence electrons. The van der Waals surface area contributed by atoms with Crippen LogP contribution < -0.4 is 9.64 Å². The first-order valence-corrected chi connectivity index (χ1v) is 8.29. The maximum atomic E-state index is 13.2. The van der Waals surface area contributed by atoms with Crippen LogP contribution in [0.4, 0.5) is 30.5 Å². The van der Waals surface area contributed by atoms with E-state index in [0.717, 1.165) is 11.1 Å². The van der Waals surface area contributed by atoms with E-state index in [1.165, 1.54) is 36.4 Å². The van der Waals surface area contributed by atoms with Crippen molar-refractivity contribution in [3.63, 3.8) is 0 Å². The highest BCUT2D eigenvalue weighted by Gasteiger charge is 2.36. The Morgan fingerprint density at radius 2 is 1.43 bits per heavy atom. The molecule has 0 radical (unpaired) electrons. The van der Waals surface area contributed by atoms with Gasteiger partial charge in [0, 0.05) is 6.20 Å². The van der Waals surface area contributed by atoms with Gasteiger partial charge in [-0.05, 0) is 30.3 Å². The monoisotopic (exact) mass is 417 g/mol. The number of aromatic carboxylic acids is 2. The molecule has 0 amide bonds. The normalized spacial score (nSPS) is 12.6. The zero-order chi connectivity index (χ0) is 21.6. The number of para-hydroxylation sites is 2. The number of fused-ring (bicyclic) bond motifs is 2. The molecular weight excluding hydrogens is 407 g/mol. The van der Waals surface area contributed by atoms with Crippen molar-refractivity contribution in [2.75, 3.05) is 4.90 Å². The molecule has 30 heavy (non-hydrogen) atoms. The fraction of sp³-hybridized carbons (Fsp3) is 0.0526. The van der Waals surface area contributed by atoms with E-state index < -0.39 is 29.8 Å². The van der Waals surface area contributed by atoms with Gasteiger partial charge in [0.15, 0.2) is 11.5 Å². The predicted molar refractivity (Wildman–Crippen MR) is 95.7 cm³/mol. The van der Waals surface area contributed by atoms with Gasteiger partial charge >= 0.3 is 18.1 Å². The highest BCUT2D eigenvalue weighted by molar-refractivity contribution is 6.00. The number of carbonyl (C=O) groups is 2. The summed E-state index contributed by atoms with van der Waals surface area (Å²) in [7, 11) is 0. The van der Waals surface area contributed by atoms with Crippen molar-refractivity contribution < 1.29 is 37.7 Å². The van der Waals surface area contributed by atoms with Crippen LogP contribution >= 0.6 is 0 Å². The van der Waals surface area contributed by atoms with Gasteiger partial charge in [0.1, 0.15) is 16.8 Å². The van der Waals surface area contributed by atoms with Crippen molar-refractivity contribution in [2.45, 2.75) is 6.18 Å². The summed E-state index contributed by atoms with van der Waals surface area (Å²) < 4.78 is 45.2. The van der Waals surface area contributed by atoms with Crippen LogP contribution in [0.1, 0.15) is 26.4 Å². The average Bonchev–Trinajstić information content (AvgIpc) is 2.70. The van der Waals surface area contributed by atoms with E-state index >= 15 is 0 Å². The van der Waals surface area contributed by atoms with Crippen molar-refractivity contribution in [2.24, 2.45) is 0 Å². The van der Waals surface area contributed by atoms with Crippen molar-refractivity contribution in [3.8, 4) is 11.5 Å². The third-order valence-corrected chi connectivity index (χ3v) is 4.27. The lowest BCUT2D eigenvalue weighted by Gasteiger charge is -2.32. The van der Waals surface area contributed by atoms with Crippen molar-refractivity contribution in [1.82, 2.24) is 9.97 Å². The average molecular weight is 417 g/mol. The Labute approximate surface area is 165 Å². The quantitative estimate of drug-likeness (QED) is 0.502. The van der Waals surface area contributed by atoms with Gasteiger partial charge in [0.05, 0.1) is 11.4 Å². The highest BCUT2D eigenvalue weighted by atomic mass is 19.4. The zero-order valence-corrected chi connectivity index (χ0v) is 14.7. The summed E-state index contributed by atoms with van der Waals surface area (Å²) >= 11 is 0. The van der Waals surface area contributed by atoms with E-state index in [2.05, 4.69) is 9.97 Å². The number of alkyl halides is 3. The third kappa shape index (κ3) is 3.05. The summed E-state index contributed by atoms with van der Waals surface area (Å²) in [5.74, 6) is -3.65. The number of benzene rings is 2. The maximum Gasteiger partial charge on any atom is 0.433 e. The first-order valence-electron chi connectivity index (χ1n) is 8.29. The van der Waals surface area contributed by atoms with Crippen LogP contribution in [0.2, 0.25) is 0 Å². The molecule has 11 heteroatoms. The summed E-state index contributed by atoms with van der Waals surface area (Å²) in [6, 6.07) is 8.69. The van der Waals surface area contributed by atoms with Crippen molar-refractivity contribution in [1.29, 1.82) is 0 Å². The van der Waals surface area contributed by atoms with Gasteiger partial charge in [-0.25, -0.2) is 19.6 Å². The number of carboxylic acid groups (broad SMARTS) is 2. The second kappa shape index (κ2) is 6.72. The van der Waals surface area contributed by atoms with Gasteiger partial charge in [-0.2, -0.15) is 13.2 Å². The minimum atomic E-state index is -4.75. The molecule has 1 aliphatic rings. The van der Waals surface area contributed by atoms with Crippen molar-refractivity contribution in [3.05, 3.63) is 65.5 Å². The van der Waals surface area contributed by atoms with E-state index in [1.54, 1.807) is 0 Å². The molecule has 0 spiro atoms. The van der Waals surface area contributed by atoms with Gasteiger partial charge in [0.25, 0.3) is 0 Å². The minimum Gasteiger partial charge on any atom is -0.478 e. The molecule has 0 unspecified atom stereocenters. The van der Waals surface area contributed by atoms with Gasteiger partial charge < -0.3 is 14.9 Å². The molecule has 4 rings (SSSR count). The first kappa shape index (κ1) is 19.2. The largest absolute Gasteiger partial charge is 0.478 e. The van der Waals surface area contributed by atoms with Crippen LogP contribution in [-0.2, 0) is 6.18 Å². The fourth-order valence-electron chi connectivity index (χ4n) is 3.01. The maximum absolute atomic E-state index is 13.2. The van der Waals surface area contributed by atoms with Crippen LogP contribution in [-0.4, -0.2) is 32.1 Å². The highest BCUT2D eigenvalue weighted by Crippen LogP contribution is 2.52. The Bertz CT molecular complexity index is 1130. The Balaban J connectivity index is 2.03. The van der Waals surface area contributed by atoms with Gasteiger partial charge in [-0.1, -0.05) is 12.1 Å². The number of hydrogen-bond donors (Lipinski definition) is 2. The number of hydrogen-bond acceptors (Lipinski definition) is 6. The Morgan fingerprint density at radius 1 is 0.900 bits per heavy atom. The fourth-order valence-corrected chi connectivity index (χ4v) is 3.01. The molecule has 1 aromatic heterocycles. The lowest BCUT2D eigenvalue weighted by Crippen LogP contribution is -2.22. The summed E-state index contributed by atoms with van der Waals surface area (Å²) in [5, 5.41) is 19.0. The van der Waals surface area contributed by atoms with Gasteiger partial charge in [-0.3, -0.25) is 4.90 Å². The number of carboxylic acids is 2. The summed E-state index contributed by atoms with van der Waals surface area (Å²) in [6.07, 6.45) is -3.84. The molecular formula is C19H10F3N3O5. The summed E-state index contributed by atoms with van der Waals surface area (Å²) in [5.41, 5.74) is -1.75. The van der Waals surface area contributed by atoms with Crippen LogP contribution in [0.3, 0.4) is 0 Å². The number of nitrogens with zero attached hydrogens (tertiary/aromatic N) is 3. The number of aromatic nitrogens is 2. The van der Waals surface area contributed by atoms with Gasteiger partial charge in [-0.15, -0.1) is 0 Å². The second-order valence-corrected chi connectivity index (χ2v) is 6.10. The minimum absolute atomic E-state index is 0.0456. The predicted octanol–water partition coefficient (Wildman–Crippen LogP) is 4.47. The Hall–Kier alpha value is -4.15. The molecule has 2 heterocycles. The van der Waals surface area contributed by atoms with E-state index in [0.29, 0.717) is 6.07 Å². The summed E-state index contributed by atoms with van der Waals surface area (Å²) in [4.78, 5) is 31.8. The number of anilines is 3. The number of halogens is 3. The Kier molecular flexibility index (Phi) is 4.30. The lowest BCUT2D eigenvalue weighted by atomic mass is 10.1. The molecule has 0 atom stereocenters. The van der Waals surface area contributed by atoms with Crippen molar-refractivity contribution >= 4 is 29.3 Å². The molecule has 0 fully saturated rings. The topological polar surface area (TPSA) is 113 Å². The molecule has 3 aromatic rings. The lowest BCUT2D eigenvalue weighted by molar-refractivity contribution is -0.141. The van der Waals surface area contributed by atoms with Crippen LogP contribution in [0.25, 0.3) is 0 Å². The third-order valence-electron chi connectivity index (χ3n) is 4.27. The molecule has 0 saturated carbocycles. The SMILES string of the molecule is O=C(O)c1cccc2c1Oc1c(C(=O)O)cccc1N2c1nccc(C(F)(F)F)n1. The number of rotatable bonds is 3. The molecule has 0 saturated heterocycles. The standard InChI is InChI=1S/C19H10F3N3O5/c20-19(21,22)13-7-8-23-18(24-13)25-11-5-1-3-9(16(26)27)14(11)30-15-10(17(28)29)4-2-6-12(15)25/h1-8H,(H,26,27)(H,28,29). The van der Waals surface area contributed by atoms with Gasteiger partial charge in [0.2, 0.25) is 5.95 Å². The molecule has 0 aliphatic carbocycles. The molecule has 2 N–H and O–H groups in total. The smallest absolute Gasteiger partial charge is 0.433 e. The van der Waals surface area contributed by atoms with E-state index in [4.69, 9.17) is 4.74 Å². The van der Waals surface area contributed by atoms with E-state index in [1.807, 2.05) is 0 Å². The second-order valence-electron chi connectivity index (χ2n) is 6.10. The van der Waals surface area contributed by atoms with Crippen LogP contribution in [0.5, 0.6) is 11.5 Å². The summed E-state index contributed by atoms with van der Waals surface area (Å²) in [6.45, 7) is 0. The first-order chi connectivity index (χ1) is 14.2. The Morgan fingerprint density at radius 3 is 1.90 bits per heavy atom. The molecule has 8 nitrogen and oxygen atoms in total. The van der Waals surface area contributed by atoms with Crippen LogP contribution in [0, 0.1) is 0 Å². The van der Waals surface area contributed by atoms with Crippen LogP contribution in [0.15, 0.2) is 48.7 Å². The van der Waals surface area contributed by atoms with E-state index in [-0.39, 0.29) is 34.0 Å². The molecule has 0 bridgehead atoms. The molecule has 2 aromatic carbocycles. The molecule has 1 aliphatic heterocycles.